The number of allylic oxidation sites excluding steroid dienone is 1. The molecule has 26 heavy (non-hydrogen) atoms. The van der Waals surface area contributed by atoms with Crippen LogP contribution in [0.3, 0.4) is 0 Å². The number of unbranched alkanes of at least 4 members (excludes halogenated alkanes) is 1. The van der Waals surface area contributed by atoms with Crippen molar-refractivity contribution in [1.29, 1.82) is 0 Å². The lowest BCUT2D eigenvalue weighted by molar-refractivity contribution is 0.407. The summed E-state index contributed by atoms with van der Waals surface area (Å²) in [7, 11) is 0. The number of benzene rings is 1. The summed E-state index contributed by atoms with van der Waals surface area (Å²) in [4.78, 5) is 5.56. The minimum absolute atomic E-state index is 0.338. The minimum atomic E-state index is 0.338. The van der Waals surface area contributed by atoms with Crippen LogP contribution in [0.1, 0.15) is 41.8 Å². The van der Waals surface area contributed by atoms with E-state index in [2.05, 4.69) is 16.2 Å². The van der Waals surface area contributed by atoms with E-state index in [1.807, 2.05) is 43.5 Å². The van der Waals surface area contributed by atoms with Gasteiger partial charge >= 0.3 is 0 Å². The van der Waals surface area contributed by atoms with E-state index in [4.69, 9.17) is 10.3 Å². The maximum atomic E-state index is 9.99. The molecule has 1 aromatic carbocycles. The summed E-state index contributed by atoms with van der Waals surface area (Å²) in [5, 5.41) is 16.1. The first-order chi connectivity index (χ1) is 12.6. The quantitative estimate of drug-likeness (QED) is 0.585. The summed E-state index contributed by atoms with van der Waals surface area (Å²) < 4.78 is 5.53. The van der Waals surface area contributed by atoms with Crippen molar-refractivity contribution in [3.05, 3.63) is 52.2 Å². The summed E-state index contributed by atoms with van der Waals surface area (Å²) in [6.45, 7) is 4.46. The molecular formula is C20H23N3O2S. The Labute approximate surface area is 157 Å². The number of aromatic hydroxyl groups is 1. The number of aromatic nitrogens is 2. The van der Waals surface area contributed by atoms with Gasteiger partial charge in [0, 0.05) is 5.57 Å². The third-order valence-corrected chi connectivity index (χ3v) is 5.06. The number of phenols is 1. The maximum Gasteiger partial charge on any atom is 0.254 e. The zero-order valence-electron chi connectivity index (χ0n) is 15.0. The molecule has 0 amide bonds. The Morgan fingerprint density at radius 1 is 1.27 bits per heavy atom. The highest BCUT2D eigenvalue weighted by molar-refractivity contribution is 7.13. The summed E-state index contributed by atoms with van der Waals surface area (Å²) in [5.74, 6) is 1.48. The topological polar surface area (TPSA) is 85.2 Å². The van der Waals surface area contributed by atoms with Crippen molar-refractivity contribution in [1.82, 2.24) is 10.1 Å². The van der Waals surface area contributed by atoms with Crippen LogP contribution in [0.4, 0.5) is 0 Å². The van der Waals surface area contributed by atoms with Gasteiger partial charge in [0.2, 0.25) is 5.82 Å². The molecule has 0 fully saturated rings. The van der Waals surface area contributed by atoms with Gasteiger partial charge in [-0.1, -0.05) is 11.2 Å². The van der Waals surface area contributed by atoms with Crippen LogP contribution >= 0.6 is 11.3 Å². The molecule has 2 heterocycles. The zero-order chi connectivity index (χ0) is 18.5. The van der Waals surface area contributed by atoms with Gasteiger partial charge in [0.1, 0.15) is 5.75 Å². The maximum absolute atomic E-state index is 9.99. The molecule has 6 heteroatoms. The molecule has 3 N–H and O–H groups in total. The molecule has 0 aliphatic carbocycles. The summed E-state index contributed by atoms with van der Waals surface area (Å²) in [6.07, 6.45) is 4.76. The Morgan fingerprint density at radius 3 is 2.69 bits per heavy atom. The predicted octanol–water partition coefficient (Wildman–Crippen LogP) is 4.79. The molecule has 5 nitrogen and oxygen atoms in total. The van der Waals surface area contributed by atoms with Gasteiger partial charge in [-0.3, -0.25) is 0 Å². The second-order valence-corrected chi connectivity index (χ2v) is 7.27. The largest absolute Gasteiger partial charge is 0.507 e. The van der Waals surface area contributed by atoms with Gasteiger partial charge in [0.25, 0.3) is 5.89 Å². The van der Waals surface area contributed by atoms with Gasteiger partial charge in [-0.25, -0.2) is 0 Å². The second kappa shape index (κ2) is 8.29. The fourth-order valence-electron chi connectivity index (χ4n) is 2.83. The van der Waals surface area contributed by atoms with Crippen molar-refractivity contribution in [3.8, 4) is 16.5 Å². The van der Waals surface area contributed by atoms with E-state index in [0.29, 0.717) is 24.0 Å². The van der Waals surface area contributed by atoms with Gasteiger partial charge in [0.05, 0.1) is 4.88 Å². The zero-order valence-corrected chi connectivity index (χ0v) is 15.8. The molecule has 0 bridgehead atoms. The fourth-order valence-corrected chi connectivity index (χ4v) is 3.48. The second-order valence-electron chi connectivity index (χ2n) is 6.32. The molecule has 0 spiro atoms. The Bertz CT molecular complexity index is 875. The molecule has 3 aromatic rings. The molecular weight excluding hydrogens is 346 g/mol. The summed E-state index contributed by atoms with van der Waals surface area (Å²) >= 11 is 1.58. The Kier molecular flexibility index (Phi) is 5.85. The smallest absolute Gasteiger partial charge is 0.254 e. The lowest BCUT2D eigenvalue weighted by atomic mass is 10.0. The molecule has 0 unspecified atom stereocenters. The number of hydrogen-bond acceptors (Lipinski definition) is 6. The normalized spacial score (nSPS) is 11.9. The van der Waals surface area contributed by atoms with E-state index in [0.717, 1.165) is 46.4 Å². The van der Waals surface area contributed by atoms with E-state index in [1.165, 1.54) is 0 Å². The van der Waals surface area contributed by atoms with Crippen molar-refractivity contribution >= 4 is 23.0 Å². The van der Waals surface area contributed by atoms with E-state index >= 15 is 0 Å². The van der Waals surface area contributed by atoms with Gasteiger partial charge in [-0.2, -0.15) is 4.98 Å². The first-order valence-electron chi connectivity index (χ1n) is 8.67. The third kappa shape index (κ3) is 4.20. The van der Waals surface area contributed by atoms with Crippen LogP contribution in [0.2, 0.25) is 0 Å². The van der Waals surface area contributed by atoms with E-state index < -0.39 is 0 Å². The highest BCUT2D eigenvalue weighted by Crippen LogP contribution is 2.29. The molecule has 3 rings (SSSR count). The third-order valence-electron chi connectivity index (χ3n) is 4.20. The fraction of sp³-hybridized carbons (Fsp3) is 0.300. The van der Waals surface area contributed by atoms with Crippen LogP contribution < -0.4 is 5.73 Å². The van der Waals surface area contributed by atoms with Gasteiger partial charge < -0.3 is 15.4 Å². The van der Waals surface area contributed by atoms with Crippen molar-refractivity contribution in [2.75, 3.05) is 6.54 Å². The molecule has 0 aliphatic heterocycles. The van der Waals surface area contributed by atoms with E-state index in [9.17, 15) is 5.11 Å². The predicted molar refractivity (Wildman–Crippen MR) is 106 cm³/mol. The van der Waals surface area contributed by atoms with Crippen LogP contribution in [0.25, 0.3) is 22.4 Å². The van der Waals surface area contributed by atoms with Crippen LogP contribution in [0.5, 0.6) is 5.75 Å². The van der Waals surface area contributed by atoms with Gasteiger partial charge in [-0.05, 0) is 86.0 Å². The number of nitrogens with zero attached hydrogens (tertiary/aromatic N) is 2. The molecule has 0 radical (unpaired) electrons. The number of phenolic OH excluding ortho intramolecular Hbond substituents is 1. The molecule has 0 saturated heterocycles. The van der Waals surface area contributed by atoms with Crippen LogP contribution in [0, 0.1) is 13.8 Å². The minimum Gasteiger partial charge on any atom is -0.507 e. The van der Waals surface area contributed by atoms with Crippen molar-refractivity contribution in [2.45, 2.75) is 33.1 Å². The lowest BCUT2D eigenvalue weighted by Crippen LogP contribution is -1.98. The highest BCUT2D eigenvalue weighted by Gasteiger charge is 2.14. The standard InChI is InChI=1S/C20H23N3O2S/c1-13-10-15(11-14(2)18(13)24)12-16(6-3-4-8-21)20-22-19(23-25-20)17-7-5-9-26-17/h5,7,9-12,24H,3-4,6,8,21H2,1-2H3/b16-12+. The van der Waals surface area contributed by atoms with Crippen LogP contribution in [-0.2, 0) is 0 Å². The number of rotatable bonds is 7. The van der Waals surface area contributed by atoms with Gasteiger partial charge in [-0.15, -0.1) is 11.3 Å². The molecule has 136 valence electrons. The van der Waals surface area contributed by atoms with Crippen molar-refractivity contribution < 1.29 is 9.63 Å². The molecule has 0 saturated carbocycles. The first-order valence-corrected chi connectivity index (χ1v) is 9.55. The van der Waals surface area contributed by atoms with Gasteiger partial charge in [0.15, 0.2) is 0 Å². The summed E-state index contributed by atoms with van der Waals surface area (Å²) in [5.41, 5.74) is 9.33. The molecule has 2 aromatic heterocycles. The Morgan fingerprint density at radius 2 is 2.04 bits per heavy atom. The van der Waals surface area contributed by atoms with Crippen LogP contribution in [0.15, 0.2) is 34.2 Å². The first kappa shape index (κ1) is 18.4. The highest BCUT2D eigenvalue weighted by atomic mass is 32.1. The average Bonchev–Trinajstić information content (AvgIpc) is 3.30. The van der Waals surface area contributed by atoms with E-state index in [1.54, 1.807) is 11.3 Å². The Balaban J connectivity index is 1.95. The van der Waals surface area contributed by atoms with Crippen molar-refractivity contribution in [2.24, 2.45) is 5.73 Å². The molecule has 0 atom stereocenters. The number of nitrogens with two attached hydrogens (primary N) is 1. The number of thiophene rings is 1. The monoisotopic (exact) mass is 369 g/mol. The number of hydrogen-bond donors (Lipinski definition) is 2. The average molecular weight is 369 g/mol. The van der Waals surface area contributed by atoms with E-state index in [-0.39, 0.29) is 0 Å². The molecule has 0 aliphatic rings. The summed E-state index contributed by atoms with van der Waals surface area (Å²) in [6, 6.07) is 7.86. The van der Waals surface area contributed by atoms with Crippen molar-refractivity contribution in [3.63, 3.8) is 0 Å². The van der Waals surface area contributed by atoms with Crippen LogP contribution in [-0.4, -0.2) is 21.8 Å². The Hall–Kier alpha value is -2.44. The lowest BCUT2D eigenvalue weighted by Gasteiger charge is -2.07. The SMILES string of the molecule is Cc1cc(/C=C(\CCCCN)c2nc(-c3cccs3)no2)cc(C)c1O. The number of aryl methyl sites for hydroxylation is 2.